The molecule has 0 spiro atoms. The van der Waals surface area contributed by atoms with Gasteiger partial charge in [-0.15, -0.1) is 0 Å². The van der Waals surface area contributed by atoms with Gasteiger partial charge in [0.05, 0.1) is 11.9 Å². The third-order valence-corrected chi connectivity index (χ3v) is 6.28. The molecule has 6 heteroatoms. The van der Waals surface area contributed by atoms with E-state index in [1.807, 2.05) is 12.1 Å². The summed E-state index contributed by atoms with van der Waals surface area (Å²) in [6, 6.07) is 3.81. The molecule has 0 aliphatic carbocycles. The highest BCUT2D eigenvalue weighted by molar-refractivity contribution is 7.89. The Morgan fingerprint density at radius 2 is 2.05 bits per heavy atom. The van der Waals surface area contributed by atoms with Crippen molar-refractivity contribution < 1.29 is 13.2 Å². The average Bonchev–Trinajstić information content (AvgIpc) is 3.18. The molecule has 2 fully saturated rings. The van der Waals surface area contributed by atoms with Crippen LogP contribution in [0.2, 0.25) is 0 Å². The number of pyridine rings is 1. The predicted molar refractivity (Wildman–Crippen MR) is 80.3 cm³/mol. The van der Waals surface area contributed by atoms with Gasteiger partial charge in [-0.3, -0.25) is 4.98 Å². The molecule has 1 aromatic rings. The molecule has 2 aliphatic heterocycles. The normalized spacial score (nSPS) is 27.2. The molecule has 0 N–H and O–H groups in total. The zero-order valence-electron chi connectivity index (χ0n) is 12.1. The van der Waals surface area contributed by atoms with E-state index in [1.54, 1.807) is 16.7 Å². The molecule has 0 saturated carbocycles. The Bertz CT molecular complexity index is 556. The minimum Gasteiger partial charge on any atom is -0.378 e. The van der Waals surface area contributed by atoms with Gasteiger partial charge in [-0.1, -0.05) is 0 Å². The van der Waals surface area contributed by atoms with E-state index in [4.69, 9.17) is 4.74 Å². The van der Waals surface area contributed by atoms with E-state index in [1.165, 1.54) is 0 Å². The first kappa shape index (κ1) is 14.9. The quantitative estimate of drug-likeness (QED) is 0.836. The molecule has 116 valence electrons. The van der Waals surface area contributed by atoms with Crippen molar-refractivity contribution in [2.75, 3.05) is 18.9 Å². The number of sulfonamides is 1. The Morgan fingerprint density at radius 3 is 2.76 bits per heavy atom. The van der Waals surface area contributed by atoms with Crippen LogP contribution in [0.1, 0.15) is 43.7 Å². The Labute approximate surface area is 126 Å². The van der Waals surface area contributed by atoms with Gasteiger partial charge in [0, 0.05) is 31.6 Å². The van der Waals surface area contributed by atoms with Crippen LogP contribution in [0.4, 0.5) is 0 Å². The topological polar surface area (TPSA) is 59.5 Å². The van der Waals surface area contributed by atoms with Crippen LogP contribution in [0.5, 0.6) is 0 Å². The summed E-state index contributed by atoms with van der Waals surface area (Å²) in [4.78, 5) is 4.01. The van der Waals surface area contributed by atoms with Gasteiger partial charge >= 0.3 is 0 Å². The third-order valence-electron chi connectivity index (χ3n) is 4.37. The molecule has 0 bridgehead atoms. The summed E-state index contributed by atoms with van der Waals surface area (Å²) >= 11 is 0. The molecule has 0 amide bonds. The van der Waals surface area contributed by atoms with Crippen LogP contribution in [0.3, 0.4) is 0 Å². The van der Waals surface area contributed by atoms with E-state index in [9.17, 15) is 8.42 Å². The van der Waals surface area contributed by atoms with Crippen molar-refractivity contribution in [2.45, 2.75) is 44.2 Å². The molecule has 5 nitrogen and oxygen atoms in total. The molecule has 0 unspecified atom stereocenters. The Balaban J connectivity index is 1.68. The lowest BCUT2D eigenvalue weighted by atomic mass is 10.1. The van der Waals surface area contributed by atoms with Gasteiger partial charge in [0.2, 0.25) is 10.0 Å². The summed E-state index contributed by atoms with van der Waals surface area (Å²) < 4.78 is 32.5. The van der Waals surface area contributed by atoms with Crippen LogP contribution < -0.4 is 0 Å². The smallest absolute Gasteiger partial charge is 0.214 e. The monoisotopic (exact) mass is 310 g/mol. The maximum absolute atomic E-state index is 12.6. The van der Waals surface area contributed by atoms with Crippen LogP contribution >= 0.6 is 0 Å². The molecule has 3 rings (SSSR count). The fraction of sp³-hybridized carbons (Fsp3) is 0.667. The molecule has 3 heterocycles. The standard InChI is InChI=1S/C15H22N2O3S/c18-21(19,12-7-14-3-2-11-20-14)17-10-1-4-15(17)13-5-8-16-9-6-13/h5-6,8-9,14-15H,1-4,7,10-12H2/t14-,15+/m1/s1. The fourth-order valence-electron chi connectivity index (χ4n) is 3.26. The second-order valence-electron chi connectivity index (χ2n) is 5.79. The van der Waals surface area contributed by atoms with Crippen LogP contribution in [-0.4, -0.2) is 42.7 Å². The number of hydrogen-bond donors (Lipinski definition) is 0. The number of hydrogen-bond acceptors (Lipinski definition) is 4. The summed E-state index contributed by atoms with van der Waals surface area (Å²) in [6.45, 7) is 1.40. The lowest BCUT2D eigenvalue weighted by Crippen LogP contribution is -2.33. The lowest BCUT2D eigenvalue weighted by Gasteiger charge is -2.24. The largest absolute Gasteiger partial charge is 0.378 e. The zero-order valence-corrected chi connectivity index (χ0v) is 13.0. The first-order valence-electron chi connectivity index (χ1n) is 7.68. The predicted octanol–water partition coefficient (Wildman–Crippen LogP) is 2.12. The molecule has 0 radical (unpaired) electrons. The van der Waals surface area contributed by atoms with Crippen molar-refractivity contribution in [3.8, 4) is 0 Å². The van der Waals surface area contributed by atoms with Gasteiger partial charge < -0.3 is 4.74 Å². The molecule has 2 atom stereocenters. The van der Waals surface area contributed by atoms with Gasteiger partial charge in [0.1, 0.15) is 0 Å². The third kappa shape index (κ3) is 3.44. The van der Waals surface area contributed by atoms with Gasteiger partial charge in [0.15, 0.2) is 0 Å². The van der Waals surface area contributed by atoms with Crippen LogP contribution in [0.25, 0.3) is 0 Å². The van der Waals surface area contributed by atoms with Crippen LogP contribution in [0.15, 0.2) is 24.5 Å². The van der Waals surface area contributed by atoms with E-state index < -0.39 is 10.0 Å². The number of nitrogens with zero attached hydrogens (tertiary/aromatic N) is 2. The fourth-order valence-corrected chi connectivity index (χ4v) is 5.08. The maximum Gasteiger partial charge on any atom is 0.214 e. The molecule has 0 aromatic carbocycles. The van der Waals surface area contributed by atoms with E-state index >= 15 is 0 Å². The second kappa shape index (κ2) is 6.42. The summed E-state index contributed by atoms with van der Waals surface area (Å²) in [6.07, 6.45) is 8.05. The van der Waals surface area contributed by atoms with Crippen molar-refractivity contribution in [2.24, 2.45) is 0 Å². The first-order valence-corrected chi connectivity index (χ1v) is 9.29. The molecule has 2 aliphatic rings. The van der Waals surface area contributed by atoms with Gasteiger partial charge in [-0.05, 0) is 49.8 Å². The van der Waals surface area contributed by atoms with E-state index in [0.29, 0.717) is 13.0 Å². The first-order chi connectivity index (χ1) is 10.2. The molecular weight excluding hydrogens is 288 g/mol. The molecule has 1 aromatic heterocycles. The summed E-state index contributed by atoms with van der Waals surface area (Å²) in [7, 11) is -3.21. The Kier molecular flexibility index (Phi) is 4.57. The van der Waals surface area contributed by atoms with Gasteiger partial charge in [-0.25, -0.2) is 8.42 Å². The number of ether oxygens (including phenoxy) is 1. The molecular formula is C15H22N2O3S. The van der Waals surface area contributed by atoms with Gasteiger partial charge in [-0.2, -0.15) is 4.31 Å². The highest BCUT2D eigenvalue weighted by Crippen LogP contribution is 2.34. The highest BCUT2D eigenvalue weighted by Gasteiger charge is 2.35. The summed E-state index contributed by atoms with van der Waals surface area (Å²) in [5.41, 5.74) is 1.04. The lowest BCUT2D eigenvalue weighted by molar-refractivity contribution is 0.108. The van der Waals surface area contributed by atoms with Crippen molar-refractivity contribution in [3.05, 3.63) is 30.1 Å². The Morgan fingerprint density at radius 1 is 1.24 bits per heavy atom. The highest BCUT2D eigenvalue weighted by atomic mass is 32.2. The van der Waals surface area contributed by atoms with Gasteiger partial charge in [0.25, 0.3) is 0 Å². The summed E-state index contributed by atoms with van der Waals surface area (Å²) in [5, 5.41) is 0. The maximum atomic E-state index is 12.6. The van der Waals surface area contributed by atoms with Crippen molar-refractivity contribution in [1.29, 1.82) is 0 Å². The van der Waals surface area contributed by atoms with Crippen LogP contribution in [0, 0.1) is 0 Å². The molecule has 21 heavy (non-hydrogen) atoms. The second-order valence-corrected chi connectivity index (χ2v) is 7.83. The summed E-state index contributed by atoms with van der Waals surface area (Å²) in [5.74, 6) is 0.194. The zero-order chi connectivity index (χ0) is 14.7. The van der Waals surface area contributed by atoms with E-state index in [0.717, 1.165) is 37.9 Å². The Hall–Kier alpha value is -0.980. The minimum absolute atomic E-state index is 0.0255. The van der Waals surface area contributed by atoms with Crippen molar-refractivity contribution in [3.63, 3.8) is 0 Å². The number of aromatic nitrogens is 1. The average molecular weight is 310 g/mol. The SMILES string of the molecule is O=S(=O)(CC[C@H]1CCCO1)N1CCC[C@H]1c1ccncc1. The van der Waals surface area contributed by atoms with E-state index in [2.05, 4.69) is 4.98 Å². The van der Waals surface area contributed by atoms with Crippen LogP contribution in [-0.2, 0) is 14.8 Å². The number of rotatable bonds is 5. The minimum atomic E-state index is -3.21. The molecule has 2 saturated heterocycles. The van der Waals surface area contributed by atoms with Crippen molar-refractivity contribution >= 4 is 10.0 Å². The van der Waals surface area contributed by atoms with Crippen molar-refractivity contribution in [1.82, 2.24) is 9.29 Å². The van der Waals surface area contributed by atoms with E-state index in [-0.39, 0.29) is 17.9 Å².